The number of unbranched alkanes of at least 4 members (excludes halogenated alkanes) is 1. The molecule has 0 bridgehead atoms. The second-order valence-electron chi connectivity index (χ2n) is 7.05. The van der Waals surface area contributed by atoms with Gasteiger partial charge in [0.1, 0.15) is 5.75 Å². The van der Waals surface area contributed by atoms with E-state index in [0.717, 1.165) is 37.7 Å². The quantitative estimate of drug-likeness (QED) is 0.477. The fourth-order valence-electron chi connectivity index (χ4n) is 2.96. The second kappa shape index (κ2) is 11.3. The molecular formula is C21H35NO4S. The Hall–Kier alpha value is -1.56. The van der Waals surface area contributed by atoms with E-state index in [2.05, 4.69) is 27.7 Å². The van der Waals surface area contributed by atoms with Crippen LogP contribution in [-0.2, 0) is 21.5 Å². The molecule has 154 valence electrons. The highest BCUT2D eigenvalue weighted by molar-refractivity contribution is 7.87. The van der Waals surface area contributed by atoms with E-state index in [1.807, 2.05) is 11.0 Å². The summed E-state index contributed by atoms with van der Waals surface area (Å²) in [4.78, 5) is 15.1. The van der Waals surface area contributed by atoms with E-state index in [4.69, 9.17) is 4.18 Å². The van der Waals surface area contributed by atoms with E-state index in [1.54, 1.807) is 25.1 Å². The van der Waals surface area contributed by atoms with Crippen LogP contribution >= 0.6 is 0 Å². The highest BCUT2D eigenvalue weighted by Gasteiger charge is 2.26. The first-order valence-electron chi connectivity index (χ1n) is 10.1. The van der Waals surface area contributed by atoms with Crippen LogP contribution in [0.25, 0.3) is 0 Å². The summed E-state index contributed by atoms with van der Waals surface area (Å²) >= 11 is 0. The SMILES string of the molecule is CCCC[C@H](CC)C(=O)N(Cc1cccc(OS(=O)(=O)CC)c1)[C@@H](C)CC. The number of hydrogen-bond acceptors (Lipinski definition) is 4. The molecule has 0 aliphatic carbocycles. The van der Waals surface area contributed by atoms with Gasteiger partial charge in [-0.25, -0.2) is 0 Å². The maximum Gasteiger partial charge on any atom is 0.308 e. The van der Waals surface area contributed by atoms with Gasteiger partial charge in [0.25, 0.3) is 0 Å². The molecule has 6 heteroatoms. The summed E-state index contributed by atoms with van der Waals surface area (Å²) in [5.74, 6) is 0.445. The van der Waals surface area contributed by atoms with Gasteiger partial charge in [-0.05, 0) is 50.8 Å². The molecule has 0 saturated heterocycles. The molecule has 0 aromatic heterocycles. The number of rotatable bonds is 12. The van der Waals surface area contributed by atoms with Gasteiger partial charge < -0.3 is 9.08 Å². The van der Waals surface area contributed by atoms with Crippen LogP contribution in [0.4, 0.5) is 0 Å². The van der Waals surface area contributed by atoms with Gasteiger partial charge in [0, 0.05) is 18.5 Å². The highest BCUT2D eigenvalue weighted by atomic mass is 32.2. The van der Waals surface area contributed by atoms with E-state index in [1.165, 1.54) is 0 Å². The van der Waals surface area contributed by atoms with Gasteiger partial charge in [-0.3, -0.25) is 4.79 Å². The Morgan fingerprint density at radius 3 is 2.41 bits per heavy atom. The molecule has 5 nitrogen and oxygen atoms in total. The molecule has 0 N–H and O–H groups in total. The summed E-state index contributed by atoms with van der Waals surface area (Å²) in [5, 5.41) is 0. The molecule has 0 aliphatic rings. The van der Waals surface area contributed by atoms with Gasteiger partial charge in [-0.15, -0.1) is 0 Å². The first-order chi connectivity index (χ1) is 12.8. The smallest absolute Gasteiger partial charge is 0.308 e. The minimum atomic E-state index is -3.56. The number of nitrogens with zero attached hydrogens (tertiary/aromatic N) is 1. The molecule has 0 aliphatic heterocycles. The van der Waals surface area contributed by atoms with Crippen molar-refractivity contribution < 1.29 is 17.4 Å². The van der Waals surface area contributed by atoms with Crippen LogP contribution in [0.3, 0.4) is 0 Å². The Balaban J connectivity index is 3.01. The van der Waals surface area contributed by atoms with Crippen molar-refractivity contribution in [2.75, 3.05) is 5.75 Å². The van der Waals surface area contributed by atoms with Gasteiger partial charge >= 0.3 is 10.1 Å². The predicted octanol–water partition coefficient (Wildman–Crippen LogP) is 4.76. The van der Waals surface area contributed by atoms with Crippen LogP contribution in [-0.4, -0.2) is 31.0 Å². The van der Waals surface area contributed by atoms with Crippen molar-refractivity contribution in [2.45, 2.75) is 79.3 Å². The maximum absolute atomic E-state index is 13.1. The molecule has 0 spiro atoms. The normalized spacial score (nSPS) is 13.8. The average molecular weight is 398 g/mol. The fourth-order valence-corrected chi connectivity index (χ4v) is 3.47. The Labute approximate surface area is 165 Å². The van der Waals surface area contributed by atoms with Crippen LogP contribution in [0.15, 0.2) is 24.3 Å². The molecule has 1 rings (SSSR count). The van der Waals surface area contributed by atoms with Gasteiger partial charge in [-0.2, -0.15) is 8.42 Å². The predicted molar refractivity (Wildman–Crippen MR) is 110 cm³/mol. The zero-order valence-electron chi connectivity index (χ0n) is 17.4. The summed E-state index contributed by atoms with van der Waals surface area (Å²) in [7, 11) is -3.56. The van der Waals surface area contributed by atoms with Gasteiger partial charge in [0.05, 0.1) is 5.75 Å². The van der Waals surface area contributed by atoms with Crippen molar-refractivity contribution in [1.82, 2.24) is 4.90 Å². The molecular weight excluding hydrogens is 362 g/mol. The minimum Gasteiger partial charge on any atom is -0.382 e. The summed E-state index contributed by atoms with van der Waals surface area (Å²) in [6.45, 7) is 10.3. The standard InChI is InChI=1S/C21H35NO4S/c1-6-10-13-19(8-3)21(23)22(17(5)7-2)16-18-12-11-14-20(15-18)26-27(24,25)9-4/h11-12,14-15,17,19H,6-10,13,16H2,1-5H3/t17-,19-/m0/s1. The van der Waals surface area contributed by atoms with Crippen molar-refractivity contribution in [1.29, 1.82) is 0 Å². The first-order valence-corrected chi connectivity index (χ1v) is 11.7. The Bertz CT molecular complexity index is 687. The van der Waals surface area contributed by atoms with E-state index in [-0.39, 0.29) is 23.6 Å². The summed E-state index contributed by atoms with van der Waals surface area (Å²) in [6, 6.07) is 7.13. The zero-order chi connectivity index (χ0) is 20.4. The van der Waals surface area contributed by atoms with Gasteiger partial charge in [0.2, 0.25) is 5.91 Å². The van der Waals surface area contributed by atoms with Crippen molar-refractivity contribution in [3.05, 3.63) is 29.8 Å². The molecule has 2 atom stereocenters. The van der Waals surface area contributed by atoms with Crippen LogP contribution in [0.2, 0.25) is 0 Å². The monoisotopic (exact) mass is 397 g/mol. The lowest BCUT2D eigenvalue weighted by Crippen LogP contribution is -2.41. The van der Waals surface area contributed by atoms with E-state index in [9.17, 15) is 13.2 Å². The molecule has 0 heterocycles. The minimum absolute atomic E-state index is 0.0406. The Kier molecular flexibility index (Phi) is 9.84. The van der Waals surface area contributed by atoms with Crippen LogP contribution in [0.1, 0.15) is 72.3 Å². The van der Waals surface area contributed by atoms with Gasteiger partial charge in [0.15, 0.2) is 0 Å². The van der Waals surface area contributed by atoms with E-state index < -0.39 is 10.1 Å². The maximum atomic E-state index is 13.1. The third kappa shape index (κ3) is 7.53. The number of amides is 1. The molecule has 0 radical (unpaired) electrons. The average Bonchev–Trinajstić information content (AvgIpc) is 2.65. The Morgan fingerprint density at radius 1 is 1.15 bits per heavy atom. The number of carbonyl (C=O) groups excluding carboxylic acids is 1. The lowest BCUT2D eigenvalue weighted by molar-refractivity contribution is -0.138. The lowest BCUT2D eigenvalue weighted by atomic mass is 9.96. The fraction of sp³-hybridized carbons (Fsp3) is 0.667. The zero-order valence-corrected chi connectivity index (χ0v) is 18.2. The molecule has 0 unspecified atom stereocenters. The highest BCUT2D eigenvalue weighted by Crippen LogP contribution is 2.23. The van der Waals surface area contributed by atoms with E-state index >= 15 is 0 Å². The van der Waals surface area contributed by atoms with Crippen LogP contribution < -0.4 is 4.18 Å². The Morgan fingerprint density at radius 2 is 1.85 bits per heavy atom. The molecule has 27 heavy (non-hydrogen) atoms. The van der Waals surface area contributed by atoms with Crippen LogP contribution in [0.5, 0.6) is 5.75 Å². The molecule has 0 saturated carbocycles. The number of hydrogen-bond donors (Lipinski definition) is 0. The third-order valence-corrected chi connectivity index (χ3v) is 6.14. The van der Waals surface area contributed by atoms with Crippen molar-refractivity contribution in [2.24, 2.45) is 5.92 Å². The van der Waals surface area contributed by atoms with Crippen molar-refractivity contribution >= 4 is 16.0 Å². The molecule has 0 fully saturated rings. The van der Waals surface area contributed by atoms with E-state index in [0.29, 0.717) is 12.3 Å². The largest absolute Gasteiger partial charge is 0.382 e. The molecule has 1 aromatic carbocycles. The number of carbonyl (C=O) groups is 1. The van der Waals surface area contributed by atoms with Crippen LogP contribution in [0, 0.1) is 5.92 Å². The summed E-state index contributed by atoms with van der Waals surface area (Å²) in [5.41, 5.74) is 0.873. The van der Waals surface area contributed by atoms with Crippen molar-refractivity contribution in [3.63, 3.8) is 0 Å². The second-order valence-corrected chi connectivity index (χ2v) is 8.91. The summed E-state index contributed by atoms with van der Waals surface area (Å²) in [6.07, 6.45) is 4.76. The first kappa shape index (κ1) is 23.5. The molecule has 1 amide bonds. The topological polar surface area (TPSA) is 63.7 Å². The number of benzene rings is 1. The molecule has 1 aromatic rings. The lowest BCUT2D eigenvalue weighted by Gasteiger charge is -2.32. The van der Waals surface area contributed by atoms with Crippen molar-refractivity contribution in [3.8, 4) is 5.75 Å². The summed E-state index contributed by atoms with van der Waals surface area (Å²) < 4.78 is 28.5. The van der Waals surface area contributed by atoms with Gasteiger partial charge in [-0.1, -0.05) is 45.7 Å². The third-order valence-electron chi connectivity index (χ3n) is 4.98.